The van der Waals surface area contributed by atoms with Gasteiger partial charge in [0.1, 0.15) is 0 Å². The van der Waals surface area contributed by atoms with Gasteiger partial charge in [-0.15, -0.1) is 0 Å². The van der Waals surface area contributed by atoms with Crippen LogP contribution in [0.15, 0.2) is 0 Å². The zero-order valence-corrected chi connectivity index (χ0v) is 8.64. The van der Waals surface area contributed by atoms with Crippen molar-refractivity contribution in [1.82, 2.24) is 4.90 Å². The Morgan fingerprint density at radius 2 is 1.92 bits per heavy atom. The first-order valence-electron chi connectivity index (χ1n) is 5.20. The Kier molecular flexibility index (Phi) is 3.13. The normalized spacial score (nSPS) is 40.5. The summed E-state index contributed by atoms with van der Waals surface area (Å²) in [5.41, 5.74) is 6.32. The molecule has 0 aromatic carbocycles. The van der Waals surface area contributed by atoms with E-state index in [1.165, 1.54) is 32.2 Å². The molecule has 2 rings (SSSR count). The molecule has 1 aliphatic heterocycles. The van der Waals surface area contributed by atoms with Crippen molar-refractivity contribution in [3.63, 3.8) is 0 Å². The van der Waals surface area contributed by atoms with Gasteiger partial charge in [0.15, 0.2) is 0 Å². The van der Waals surface area contributed by atoms with Gasteiger partial charge >= 0.3 is 0 Å². The fourth-order valence-corrected chi connectivity index (χ4v) is 2.51. The van der Waals surface area contributed by atoms with E-state index >= 15 is 0 Å². The van der Waals surface area contributed by atoms with Gasteiger partial charge in [-0.2, -0.15) is 0 Å². The van der Waals surface area contributed by atoms with E-state index in [1.54, 1.807) is 0 Å². The molecule has 0 radical (unpaired) electrons. The van der Waals surface area contributed by atoms with Crippen molar-refractivity contribution in [2.24, 2.45) is 5.73 Å². The number of hydrogen-bond donors (Lipinski definition) is 1. The Morgan fingerprint density at radius 1 is 1.33 bits per heavy atom. The molecule has 2 fully saturated rings. The van der Waals surface area contributed by atoms with E-state index in [4.69, 9.17) is 5.73 Å². The van der Waals surface area contributed by atoms with Crippen LogP contribution in [0.1, 0.15) is 39.5 Å². The second kappa shape index (κ2) is 3.75. The highest BCUT2D eigenvalue weighted by molar-refractivity contribution is 5.06. The number of likely N-dealkylation sites (tertiary alicyclic amines) is 1. The van der Waals surface area contributed by atoms with Crippen LogP contribution >= 0.6 is 0 Å². The van der Waals surface area contributed by atoms with Gasteiger partial charge in [0.25, 0.3) is 0 Å². The van der Waals surface area contributed by atoms with Crippen LogP contribution in [0.2, 0.25) is 0 Å². The number of nitrogens with two attached hydrogens (primary N) is 1. The van der Waals surface area contributed by atoms with Gasteiger partial charge in [-0.25, -0.2) is 0 Å². The number of rotatable bonds is 0. The topological polar surface area (TPSA) is 29.3 Å². The van der Waals surface area contributed by atoms with E-state index < -0.39 is 0 Å². The van der Waals surface area contributed by atoms with Crippen molar-refractivity contribution in [3.8, 4) is 0 Å². The predicted octanol–water partition coefficient (Wildman–Crippen LogP) is 1.60. The summed E-state index contributed by atoms with van der Waals surface area (Å²) >= 11 is 0. The number of hydrogen-bond acceptors (Lipinski definition) is 2. The molecule has 2 heteroatoms. The third-order valence-electron chi connectivity index (χ3n) is 3.23. The van der Waals surface area contributed by atoms with Crippen LogP contribution in [0.4, 0.5) is 0 Å². The van der Waals surface area contributed by atoms with E-state index in [2.05, 4.69) is 11.9 Å². The van der Waals surface area contributed by atoms with Crippen molar-refractivity contribution in [1.29, 1.82) is 0 Å². The molecular formula is C10H22N2. The molecule has 2 aliphatic rings. The van der Waals surface area contributed by atoms with Crippen molar-refractivity contribution in [2.75, 3.05) is 13.6 Å². The summed E-state index contributed by atoms with van der Waals surface area (Å²) in [5.74, 6) is 0. The largest absolute Gasteiger partial charge is 0.328 e. The van der Waals surface area contributed by atoms with Gasteiger partial charge in [0.05, 0.1) is 0 Å². The first-order valence-corrected chi connectivity index (χ1v) is 5.20. The summed E-state index contributed by atoms with van der Waals surface area (Å²) in [6.45, 7) is 5.28. The zero-order chi connectivity index (χ0) is 9.19. The maximum absolute atomic E-state index is 5.77. The second-order valence-electron chi connectivity index (χ2n) is 3.92. The van der Waals surface area contributed by atoms with Gasteiger partial charge < -0.3 is 10.6 Å². The maximum Gasteiger partial charge on any atom is 0.0236 e. The highest BCUT2D eigenvalue weighted by Gasteiger charge is 2.47. The second-order valence-corrected chi connectivity index (χ2v) is 3.92. The lowest BCUT2D eigenvalue weighted by molar-refractivity contribution is 0.0607. The fourth-order valence-electron chi connectivity index (χ4n) is 2.51. The zero-order valence-electron chi connectivity index (χ0n) is 8.64. The van der Waals surface area contributed by atoms with Crippen molar-refractivity contribution in [2.45, 2.75) is 51.1 Å². The van der Waals surface area contributed by atoms with Gasteiger partial charge in [-0.1, -0.05) is 13.8 Å². The first-order chi connectivity index (χ1) is 5.73. The van der Waals surface area contributed by atoms with Gasteiger partial charge in [0.2, 0.25) is 0 Å². The van der Waals surface area contributed by atoms with Gasteiger partial charge in [-0.3, -0.25) is 0 Å². The molecule has 1 saturated heterocycles. The molecule has 0 amide bonds. The van der Waals surface area contributed by atoms with Crippen molar-refractivity contribution >= 4 is 0 Å². The highest BCUT2D eigenvalue weighted by Crippen LogP contribution is 2.43. The molecule has 1 aliphatic carbocycles. The molecule has 1 spiro atoms. The van der Waals surface area contributed by atoms with Crippen LogP contribution in [-0.4, -0.2) is 30.1 Å². The minimum atomic E-state index is 0.501. The molecular weight excluding hydrogens is 148 g/mol. The summed E-state index contributed by atoms with van der Waals surface area (Å²) in [6, 6.07) is 0.501. The first kappa shape index (κ1) is 10.0. The average molecular weight is 170 g/mol. The SMILES string of the molecule is CC.CN1CCCC12CC(N)C2. The third-order valence-corrected chi connectivity index (χ3v) is 3.23. The molecule has 0 aromatic rings. The summed E-state index contributed by atoms with van der Waals surface area (Å²) in [6.07, 6.45) is 5.24. The molecule has 1 heterocycles. The van der Waals surface area contributed by atoms with E-state index in [0.717, 1.165) is 0 Å². The predicted molar refractivity (Wildman–Crippen MR) is 53.2 cm³/mol. The lowest BCUT2D eigenvalue weighted by atomic mass is 9.71. The van der Waals surface area contributed by atoms with Crippen LogP contribution < -0.4 is 5.73 Å². The highest BCUT2D eigenvalue weighted by atomic mass is 15.2. The van der Waals surface area contributed by atoms with E-state index in [1.807, 2.05) is 13.8 Å². The molecule has 0 bridgehead atoms. The van der Waals surface area contributed by atoms with E-state index in [9.17, 15) is 0 Å². The molecule has 2 nitrogen and oxygen atoms in total. The quantitative estimate of drug-likeness (QED) is 0.598. The maximum atomic E-state index is 5.77. The Hall–Kier alpha value is -0.0800. The van der Waals surface area contributed by atoms with Crippen LogP contribution in [0.3, 0.4) is 0 Å². The lowest BCUT2D eigenvalue weighted by Crippen LogP contribution is -2.57. The molecule has 1 saturated carbocycles. The lowest BCUT2D eigenvalue weighted by Gasteiger charge is -2.48. The molecule has 2 N–H and O–H groups in total. The fraction of sp³-hybridized carbons (Fsp3) is 1.00. The number of nitrogens with zero attached hydrogens (tertiary/aromatic N) is 1. The summed E-state index contributed by atoms with van der Waals surface area (Å²) in [5, 5.41) is 0. The third kappa shape index (κ3) is 1.50. The standard InChI is InChI=1S/C8H16N2.C2H6/c1-10-4-2-3-8(10)5-7(9)6-8;1-2/h7H,2-6,9H2,1H3;1-2H3. The van der Waals surface area contributed by atoms with Crippen LogP contribution in [0, 0.1) is 0 Å². The molecule has 0 aromatic heterocycles. The summed E-state index contributed by atoms with van der Waals surface area (Å²) in [7, 11) is 2.24. The van der Waals surface area contributed by atoms with Crippen LogP contribution in [0.25, 0.3) is 0 Å². The molecule has 0 atom stereocenters. The molecule has 72 valence electrons. The Bertz CT molecular complexity index is 139. The minimum absolute atomic E-state index is 0.501. The van der Waals surface area contributed by atoms with E-state index in [-0.39, 0.29) is 0 Å². The Balaban J connectivity index is 0.000000336. The molecule has 12 heavy (non-hydrogen) atoms. The smallest absolute Gasteiger partial charge is 0.0236 e. The van der Waals surface area contributed by atoms with E-state index in [0.29, 0.717) is 11.6 Å². The van der Waals surface area contributed by atoms with Crippen LogP contribution in [-0.2, 0) is 0 Å². The minimum Gasteiger partial charge on any atom is -0.328 e. The summed E-state index contributed by atoms with van der Waals surface area (Å²) in [4.78, 5) is 2.50. The Labute approximate surface area is 76.1 Å². The van der Waals surface area contributed by atoms with Crippen molar-refractivity contribution in [3.05, 3.63) is 0 Å². The van der Waals surface area contributed by atoms with Crippen LogP contribution in [0.5, 0.6) is 0 Å². The molecule has 0 unspecified atom stereocenters. The Morgan fingerprint density at radius 3 is 2.25 bits per heavy atom. The van der Waals surface area contributed by atoms with Crippen molar-refractivity contribution < 1.29 is 0 Å². The summed E-state index contributed by atoms with van der Waals surface area (Å²) < 4.78 is 0. The van der Waals surface area contributed by atoms with Gasteiger partial charge in [-0.05, 0) is 39.3 Å². The average Bonchev–Trinajstić information content (AvgIpc) is 2.37. The monoisotopic (exact) mass is 170 g/mol. The van der Waals surface area contributed by atoms with Gasteiger partial charge in [0, 0.05) is 11.6 Å².